The Labute approximate surface area is 102 Å². The number of nitrogens with two attached hydrogens (primary N) is 1. The van der Waals surface area contributed by atoms with E-state index in [9.17, 15) is 4.79 Å². The molecule has 0 saturated heterocycles. The van der Waals surface area contributed by atoms with Crippen molar-refractivity contribution in [3.8, 4) is 0 Å². The summed E-state index contributed by atoms with van der Waals surface area (Å²) in [5.74, 6) is 0.0819. The van der Waals surface area contributed by atoms with Gasteiger partial charge in [-0.3, -0.25) is 10.1 Å². The Morgan fingerprint density at radius 2 is 2.35 bits per heavy atom. The zero-order valence-electron chi connectivity index (χ0n) is 9.54. The largest absolute Gasteiger partial charge is 0.383 e. The molecule has 0 unspecified atom stereocenters. The first-order chi connectivity index (χ1) is 8.09. The molecule has 0 atom stereocenters. The maximum atomic E-state index is 11.9. The molecule has 0 aromatic carbocycles. The van der Waals surface area contributed by atoms with Crippen LogP contribution in [0.2, 0.25) is 0 Å². The zero-order valence-corrected chi connectivity index (χ0v) is 10.4. The Morgan fingerprint density at radius 3 is 2.88 bits per heavy atom. The highest BCUT2D eigenvalue weighted by molar-refractivity contribution is 7.13. The number of carbonyl (C=O) groups excluding carboxylic acids is 1. The lowest BCUT2D eigenvalue weighted by Crippen LogP contribution is -2.14. The van der Waals surface area contributed by atoms with Gasteiger partial charge in [0, 0.05) is 17.6 Å². The number of nitrogens with zero attached hydrogens (tertiary/aromatic N) is 3. The monoisotopic (exact) mass is 251 g/mol. The van der Waals surface area contributed by atoms with Crippen LogP contribution in [0.4, 0.5) is 10.9 Å². The second-order valence-electron chi connectivity index (χ2n) is 3.77. The van der Waals surface area contributed by atoms with Crippen LogP contribution in [0.3, 0.4) is 0 Å². The summed E-state index contributed by atoms with van der Waals surface area (Å²) in [5, 5.41) is 9.08. The Bertz CT molecular complexity index is 517. The van der Waals surface area contributed by atoms with Crippen LogP contribution >= 0.6 is 11.3 Å². The summed E-state index contributed by atoms with van der Waals surface area (Å²) in [6.45, 7) is 3.90. The van der Waals surface area contributed by atoms with Crippen LogP contribution in [0, 0.1) is 0 Å². The van der Waals surface area contributed by atoms with E-state index in [-0.39, 0.29) is 11.9 Å². The number of nitrogen functional groups attached to an aromatic ring is 1. The molecule has 0 bridgehead atoms. The van der Waals surface area contributed by atoms with Crippen LogP contribution in [0.25, 0.3) is 0 Å². The molecule has 2 aromatic heterocycles. The lowest BCUT2D eigenvalue weighted by Gasteiger charge is -2.07. The summed E-state index contributed by atoms with van der Waals surface area (Å²) >= 11 is 1.35. The molecular formula is C10H13N5OS. The molecule has 2 rings (SSSR count). The molecule has 7 heteroatoms. The highest BCUT2D eigenvalue weighted by Crippen LogP contribution is 2.18. The van der Waals surface area contributed by atoms with Gasteiger partial charge in [-0.25, -0.2) is 9.67 Å². The number of thiazole rings is 1. The highest BCUT2D eigenvalue weighted by Gasteiger charge is 2.17. The summed E-state index contributed by atoms with van der Waals surface area (Å²) in [6, 6.07) is 0.122. The van der Waals surface area contributed by atoms with Crippen molar-refractivity contribution < 1.29 is 4.79 Å². The predicted molar refractivity (Wildman–Crippen MR) is 67.1 cm³/mol. The summed E-state index contributed by atoms with van der Waals surface area (Å²) in [6.07, 6.45) is 3.10. The minimum atomic E-state index is -0.288. The molecule has 2 heterocycles. The first kappa shape index (κ1) is 11.6. The van der Waals surface area contributed by atoms with Crippen LogP contribution in [0.5, 0.6) is 0 Å². The number of carbonyl (C=O) groups is 1. The molecule has 0 fully saturated rings. The fourth-order valence-electron chi connectivity index (χ4n) is 1.41. The van der Waals surface area contributed by atoms with E-state index < -0.39 is 0 Å². The first-order valence-electron chi connectivity index (χ1n) is 5.13. The average Bonchev–Trinajstić information content (AvgIpc) is 2.86. The first-order valence-corrected chi connectivity index (χ1v) is 6.01. The van der Waals surface area contributed by atoms with E-state index in [1.807, 2.05) is 13.8 Å². The van der Waals surface area contributed by atoms with E-state index in [4.69, 9.17) is 5.73 Å². The second kappa shape index (κ2) is 4.54. The molecule has 90 valence electrons. The van der Waals surface area contributed by atoms with E-state index in [0.717, 1.165) is 0 Å². The molecule has 17 heavy (non-hydrogen) atoms. The van der Waals surface area contributed by atoms with E-state index in [2.05, 4.69) is 15.4 Å². The minimum Gasteiger partial charge on any atom is -0.383 e. The Kier molecular flexibility index (Phi) is 3.10. The van der Waals surface area contributed by atoms with Gasteiger partial charge in [0.2, 0.25) is 0 Å². The lowest BCUT2D eigenvalue weighted by atomic mass is 10.3. The fraction of sp³-hybridized carbons (Fsp3) is 0.300. The number of hydrogen-bond donors (Lipinski definition) is 2. The molecule has 0 radical (unpaired) electrons. The van der Waals surface area contributed by atoms with Crippen LogP contribution in [0.15, 0.2) is 17.8 Å². The maximum Gasteiger partial charge on any atom is 0.262 e. The van der Waals surface area contributed by atoms with E-state index in [0.29, 0.717) is 16.5 Å². The van der Waals surface area contributed by atoms with Gasteiger partial charge in [-0.1, -0.05) is 0 Å². The van der Waals surface area contributed by atoms with Crippen molar-refractivity contribution in [1.29, 1.82) is 0 Å². The van der Waals surface area contributed by atoms with Gasteiger partial charge >= 0.3 is 0 Å². The Morgan fingerprint density at radius 1 is 1.59 bits per heavy atom. The normalized spacial score (nSPS) is 10.8. The van der Waals surface area contributed by atoms with Gasteiger partial charge in [-0.15, -0.1) is 11.3 Å². The SMILES string of the molecule is CC(C)n1ncc(C(=O)Nc2nccs2)c1N. The molecule has 0 spiro atoms. The molecule has 6 nitrogen and oxygen atoms in total. The van der Waals surface area contributed by atoms with Gasteiger partial charge in [0.25, 0.3) is 5.91 Å². The fourth-order valence-corrected chi connectivity index (χ4v) is 1.93. The van der Waals surface area contributed by atoms with Gasteiger partial charge in [-0.05, 0) is 13.8 Å². The molecule has 0 saturated carbocycles. The molecule has 1 amide bonds. The van der Waals surface area contributed by atoms with Gasteiger partial charge < -0.3 is 5.73 Å². The molecule has 0 aliphatic heterocycles. The van der Waals surface area contributed by atoms with Crippen LogP contribution in [0.1, 0.15) is 30.2 Å². The standard InChI is InChI=1S/C10H13N5OS/c1-6(2)15-8(11)7(5-13-15)9(16)14-10-12-3-4-17-10/h3-6H,11H2,1-2H3,(H,12,14,16). The maximum absolute atomic E-state index is 11.9. The molecule has 3 N–H and O–H groups in total. The van der Waals surface area contributed by atoms with Gasteiger partial charge in [0.15, 0.2) is 5.13 Å². The van der Waals surface area contributed by atoms with Crippen LogP contribution in [-0.4, -0.2) is 20.7 Å². The van der Waals surface area contributed by atoms with Crippen molar-refractivity contribution in [3.63, 3.8) is 0 Å². The van der Waals surface area contributed by atoms with Crippen molar-refractivity contribution in [2.45, 2.75) is 19.9 Å². The molecule has 0 aliphatic carbocycles. The second-order valence-corrected chi connectivity index (χ2v) is 4.67. The number of aromatic nitrogens is 3. The van der Waals surface area contributed by atoms with Gasteiger partial charge in [0.1, 0.15) is 11.4 Å². The number of hydrogen-bond acceptors (Lipinski definition) is 5. The average molecular weight is 251 g/mol. The highest BCUT2D eigenvalue weighted by atomic mass is 32.1. The van der Waals surface area contributed by atoms with Gasteiger partial charge in [-0.2, -0.15) is 5.10 Å². The summed E-state index contributed by atoms with van der Waals surface area (Å²) < 4.78 is 1.61. The minimum absolute atomic E-state index is 0.122. The number of amides is 1. The summed E-state index contributed by atoms with van der Waals surface area (Å²) in [4.78, 5) is 15.9. The van der Waals surface area contributed by atoms with Crippen molar-refractivity contribution in [2.75, 3.05) is 11.1 Å². The van der Waals surface area contributed by atoms with E-state index in [1.54, 1.807) is 16.3 Å². The van der Waals surface area contributed by atoms with Crippen LogP contribution in [-0.2, 0) is 0 Å². The lowest BCUT2D eigenvalue weighted by molar-refractivity contribution is 0.102. The summed E-state index contributed by atoms with van der Waals surface area (Å²) in [5.41, 5.74) is 6.23. The third-order valence-corrected chi connectivity index (χ3v) is 2.91. The van der Waals surface area contributed by atoms with Gasteiger partial charge in [0.05, 0.1) is 6.20 Å². The quantitative estimate of drug-likeness (QED) is 0.870. The van der Waals surface area contributed by atoms with Crippen molar-refractivity contribution in [1.82, 2.24) is 14.8 Å². The third kappa shape index (κ3) is 2.28. The Hall–Kier alpha value is -1.89. The van der Waals surface area contributed by atoms with Crippen molar-refractivity contribution in [3.05, 3.63) is 23.3 Å². The van der Waals surface area contributed by atoms with Crippen LogP contribution < -0.4 is 11.1 Å². The van der Waals surface area contributed by atoms with E-state index in [1.165, 1.54) is 17.5 Å². The zero-order chi connectivity index (χ0) is 12.4. The number of rotatable bonds is 3. The van der Waals surface area contributed by atoms with E-state index >= 15 is 0 Å². The summed E-state index contributed by atoms with van der Waals surface area (Å²) in [7, 11) is 0. The number of anilines is 2. The smallest absolute Gasteiger partial charge is 0.262 e. The Balaban J connectivity index is 2.20. The third-order valence-electron chi connectivity index (χ3n) is 2.22. The van der Waals surface area contributed by atoms with Crippen molar-refractivity contribution >= 4 is 28.2 Å². The predicted octanol–water partition coefficient (Wildman–Crippen LogP) is 1.75. The topological polar surface area (TPSA) is 85.8 Å². The van der Waals surface area contributed by atoms with Crippen molar-refractivity contribution in [2.24, 2.45) is 0 Å². The molecule has 2 aromatic rings. The molecule has 0 aliphatic rings. The number of nitrogens with one attached hydrogen (secondary N) is 1. The molecular weight excluding hydrogens is 238 g/mol.